The van der Waals surface area contributed by atoms with E-state index in [-0.39, 0.29) is 6.04 Å². The van der Waals surface area contributed by atoms with Crippen molar-refractivity contribution in [2.45, 2.75) is 45.1 Å². The van der Waals surface area contributed by atoms with Crippen molar-refractivity contribution in [1.29, 1.82) is 0 Å². The minimum Gasteiger partial charge on any atom is -0.359 e. The van der Waals surface area contributed by atoms with Crippen LogP contribution >= 0.6 is 0 Å². The van der Waals surface area contributed by atoms with E-state index in [4.69, 9.17) is 0 Å². The van der Waals surface area contributed by atoms with Crippen molar-refractivity contribution >= 4 is 18.2 Å². The Morgan fingerprint density at radius 2 is 1.89 bits per heavy atom. The van der Waals surface area contributed by atoms with Gasteiger partial charge in [-0.25, -0.2) is 0 Å². The molecule has 0 heterocycles. The molecule has 3 amide bonds. The number of carbonyl (C=O) groups excluding carboxylic acids is 3. The van der Waals surface area contributed by atoms with Gasteiger partial charge in [0.2, 0.25) is 6.41 Å². The van der Waals surface area contributed by atoms with Crippen molar-refractivity contribution in [1.82, 2.24) is 16.0 Å². The normalized spacial score (nSPS) is 22.4. The van der Waals surface area contributed by atoms with Gasteiger partial charge >= 0.3 is 11.8 Å². The molecular weight excluding hydrogens is 246 g/mol. The molecule has 19 heavy (non-hydrogen) atoms. The number of hydrogen-bond acceptors (Lipinski definition) is 3. The summed E-state index contributed by atoms with van der Waals surface area (Å²) >= 11 is 0. The lowest BCUT2D eigenvalue weighted by Crippen LogP contribution is -2.48. The number of nitrogens with one attached hydrogen (secondary N) is 3. The SMILES string of the molecule is CC1CCCCC1NC(=O)C(=O)NCCCNC=O. The summed E-state index contributed by atoms with van der Waals surface area (Å²) < 4.78 is 0. The molecule has 0 saturated heterocycles. The van der Waals surface area contributed by atoms with Crippen LogP contribution in [0.15, 0.2) is 0 Å². The molecule has 0 radical (unpaired) electrons. The number of hydrogen-bond donors (Lipinski definition) is 3. The first-order chi connectivity index (χ1) is 9.15. The lowest BCUT2D eigenvalue weighted by molar-refractivity contribution is -0.140. The van der Waals surface area contributed by atoms with E-state index in [0.717, 1.165) is 19.3 Å². The van der Waals surface area contributed by atoms with E-state index in [1.807, 2.05) is 0 Å². The molecule has 1 aliphatic rings. The fourth-order valence-electron chi connectivity index (χ4n) is 2.30. The van der Waals surface area contributed by atoms with Crippen LogP contribution < -0.4 is 16.0 Å². The van der Waals surface area contributed by atoms with Gasteiger partial charge in [-0.3, -0.25) is 14.4 Å². The number of amides is 3. The maximum absolute atomic E-state index is 11.7. The maximum Gasteiger partial charge on any atom is 0.309 e. The van der Waals surface area contributed by atoms with Crippen molar-refractivity contribution in [3.63, 3.8) is 0 Å². The van der Waals surface area contributed by atoms with Gasteiger partial charge in [-0.1, -0.05) is 19.8 Å². The summed E-state index contributed by atoms with van der Waals surface area (Å²) in [7, 11) is 0. The largest absolute Gasteiger partial charge is 0.359 e. The Morgan fingerprint density at radius 3 is 2.58 bits per heavy atom. The van der Waals surface area contributed by atoms with Gasteiger partial charge in [-0.2, -0.15) is 0 Å². The molecule has 2 atom stereocenters. The molecule has 108 valence electrons. The third-order valence-corrected chi connectivity index (χ3v) is 3.50. The molecule has 1 fully saturated rings. The number of rotatable bonds is 6. The number of carbonyl (C=O) groups is 3. The maximum atomic E-state index is 11.7. The molecule has 1 rings (SSSR count). The molecule has 0 aliphatic heterocycles. The fourth-order valence-corrected chi connectivity index (χ4v) is 2.30. The third-order valence-electron chi connectivity index (χ3n) is 3.50. The van der Waals surface area contributed by atoms with Crippen LogP contribution in [0.3, 0.4) is 0 Å². The molecule has 0 spiro atoms. The predicted molar refractivity (Wildman–Crippen MR) is 71.3 cm³/mol. The van der Waals surface area contributed by atoms with E-state index in [9.17, 15) is 14.4 Å². The van der Waals surface area contributed by atoms with E-state index in [1.165, 1.54) is 6.42 Å². The van der Waals surface area contributed by atoms with Gasteiger partial charge in [0.1, 0.15) is 0 Å². The van der Waals surface area contributed by atoms with E-state index in [2.05, 4.69) is 22.9 Å². The summed E-state index contributed by atoms with van der Waals surface area (Å²) in [5.41, 5.74) is 0. The van der Waals surface area contributed by atoms with Crippen molar-refractivity contribution in [3.05, 3.63) is 0 Å². The molecule has 6 heteroatoms. The van der Waals surface area contributed by atoms with Crippen molar-refractivity contribution in [3.8, 4) is 0 Å². The predicted octanol–water partition coefficient (Wildman–Crippen LogP) is -0.0664. The molecule has 0 aromatic rings. The van der Waals surface area contributed by atoms with Gasteiger partial charge < -0.3 is 16.0 Å². The van der Waals surface area contributed by atoms with E-state index in [1.54, 1.807) is 0 Å². The van der Waals surface area contributed by atoms with Gasteiger partial charge in [-0.15, -0.1) is 0 Å². The van der Waals surface area contributed by atoms with Gasteiger partial charge in [0.25, 0.3) is 0 Å². The van der Waals surface area contributed by atoms with Crippen LogP contribution in [0, 0.1) is 5.92 Å². The van der Waals surface area contributed by atoms with Crippen LogP contribution in [0.25, 0.3) is 0 Å². The second-order valence-corrected chi connectivity index (χ2v) is 5.02. The summed E-state index contributed by atoms with van der Waals surface area (Å²) in [5, 5.41) is 7.83. The Morgan fingerprint density at radius 1 is 1.16 bits per heavy atom. The van der Waals surface area contributed by atoms with Crippen LogP contribution in [0.4, 0.5) is 0 Å². The first-order valence-corrected chi connectivity index (χ1v) is 6.91. The highest BCUT2D eigenvalue weighted by molar-refractivity contribution is 6.35. The van der Waals surface area contributed by atoms with Gasteiger partial charge in [-0.05, 0) is 25.2 Å². The van der Waals surface area contributed by atoms with E-state index >= 15 is 0 Å². The zero-order valence-corrected chi connectivity index (χ0v) is 11.4. The standard InChI is InChI=1S/C13H23N3O3/c1-10-5-2-3-6-11(10)16-13(19)12(18)15-8-4-7-14-9-17/h9-11H,2-8H2,1H3,(H,14,17)(H,15,18)(H,16,19). The Kier molecular flexibility index (Phi) is 6.92. The minimum absolute atomic E-state index is 0.115. The highest BCUT2D eigenvalue weighted by atomic mass is 16.2. The van der Waals surface area contributed by atoms with E-state index in [0.29, 0.717) is 31.8 Å². The Labute approximate surface area is 113 Å². The van der Waals surface area contributed by atoms with Gasteiger partial charge in [0, 0.05) is 19.1 Å². The molecule has 1 aliphatic carbocycles. The third kappa shape index (κ3) is 5.72. The summed E-state index contributed by atoms with van der Waals surface area (Å²) in [6, 6.07) is 0.115. The quantitative estimate of drug-likeness (QED) is 0.358. The smallest absolute Gasteiger partial charge is 0.309 e. The first-order valence-electron chi connectivity index (χ1n) is 6.91. The lowest BCUT2D eigenvalue weighted by Gasteiger charge is -2.29. The van der Waals surface area contributed by atoms with Crippen molar-refractivity contribution in [2.24, 2.45) is 5.92 Å². The highest BCUT2D eigenvalue weighted by Gasteiger charge is 2.25. The van der Waals surface area contributed by atoms with Crippen LogP contribution in [0.5, 0.6) is 0 Å². The summed E-state index contributed by atoms with van der Waals surface area (Å²) in [5.74, 6) is -0.715. The second-order valence-electron chi connectivity index (χ2n) is 5.02. The fraction of sp³-hybridized carbons (Fsp3) is 0.769. The summed E-state index contributed by atoms with van der Waals surface area (Å²) in [4.78, 5) is 33.2. The zero-order chi connectivity index (χ0) is 14.1. The molecular formula is C13H23N3O3. The first kappa shape index (κ1) is 15.5. The molecule has 0 aromatic carbocycles. The summed E-state index contributed by atoms with van der Waals surface area (Å²) in [6.07, 6.45) is 5.57. The second kappa shape index (κ2) is 8.50. The van der Waals surface area contributed by atoms with Gasteiger partial charge in [0.05, 0.1) is 0 Å². The molecule has 2 unspecified atom stereocenters. The summed E-state index contributed by atoms with van der Waals surface area (Å²) in [6.45, 7) is 2.98. The average molecular weight is 269 g/mol. The molecule has 1 saturated carbocycles. The van der Waals surface area contributed by atoms with Crippen LogP contribution in [-0.4, -0.2) is 37.4 Å². The Balaban J connectivity index is 2.20. The molecule has 0 bridgehead atoms. The van der Waals surface area contributed by atoms with Crippen molar-refractivity contribution < 1.29 is 14.4 Å². The zero-order valence-electron chi connectivity index (χ0n) is 11.4. The molecule has 6 nitrogen and oxygen atoms in total. The minimum atomic E-state index is -0.594. The Bertz CT molecular complexity index is 320. The average Bonchev–Trinajstić information content (AvgIpc) is 2.41. The monoisotopic (exact) mass is 269 g/mol. The lowest BCUT2D eigenvalue weighted by atomic mass is 9.86. The highest BCUT2D eigenvalue weighted by Crippen LogP contribution is 2.23. The van der Waals surface area contributed by atoms with Gasteiger partial charge in [0.15, 0.2) is 0 Å². The molecule has 0 aromatic heterocycles. The van der Waals surface area contributed by atoms with Crippen molar-refractivity contribution in [2.75, 3.05) is 13.1 Å². The Hall–Kier alpha value is -1.59. The molecule has 3 N–H and O–H groups in total. The topological polar surface area (TPSA) is 87.3 Å². The van der Waals surface area contributed by atoms with Crippen LogP contribution in [0.1, 0.15) is 39.0 Å². The van der Waals surface area contributed by atoms with Crippen LogP contribution in [-0.2, 0) is 14.4 Å². The van der Waals surface area contributed by atoms with Crippen LogP contribution in [0.2, 0.25) is 0 Å². The van der Waals surface area contributed by atoms with E-state index < -0.39 is 11.8 Å².